The minimum Gasteiger partial charge on any atom is -0.427 e. The number of nitrogens with zero attached hydrogens (tertiary/aromatic N) is 1. The van der Waals surface area contributed by atoms with Crippen molar-refractivity contribution < 1.29 is 9.76 Å². The molecule has 0 bridgehead atoms. The van der Waals surface area contributed by atoms with Crippen LogP contribution in [0.2, 0.25) is 0 Å². The molecule has 2 heterocycles. The van der Waals surface area contributed by atoms with Gasteiger partial charge in [-0.15, -0.1) is 5.73 Å². The van der Waals surface area contributed by atoms with Crippen LogP contribution in [0.1, 0.15) is 52.4 Å². The summed E-state index contributed by atoms with van der Waals surface area (Å²) in [6.45, 7) is 10.9. The second-order valence-corrected chi connectivity index (χ2v) is 8.38. The van der Waals surface area contributed by atoms with Gasteiger partial charge in [-0.3, -0.25) is 0 Å². The molecule has 2 aromatic rings. The molecule has 3 rings (SSSR count). The lowest BCUT2D eigenvalue weighted by atomic mass is 9.82. The summed E-state index contributed by atoms with van der Waals surface area (Å²) in [4.78, 5) is 7.99. The summed E-state index contributed by atoms with van der Waals surface area (Å²) in [5.41, 5.74) is 4.23. The standard InChI is InChI=1S/C22H29BN3O2/c1-6-7-17-12-13-18(25-17)20-24-14-19(26-20)15-8-10-16(11-9-15)23-28-22(4,5)21(2,3)27/h7-11,14,17-18,25,27H,1,12-13H2,2-5H3,(H,24,26). The minimum atomic E-state index is -0.940. The zero-order chi connectivity index (χ0) is 20.4. The smallest absolute Gasteiger partial charge is 0.330 e. The van der Waals surface area contributed by atoms with E-state index in [2.05, 4.69) is 27.6 Å². The number of imidazole rings is 1. The Bertz CT molecular complexity index is 845. The molecular weight excluding hydrogens is 349 g/mol. The summed E-state index contributed by atoms with van der Waals surface area (Å²) < 4.78 is 5.81. The lowest BCUT2D eigenvalue weighted by molar-refractivity contribution is -0.0893. The number of benzene rings is 1. The molecule has 1 aliphatic heterocycles. The van der Waals surface area contributed by atoms with Crippen molar-refractivity contribution in [1.82, 2.24) is 15.3 Å². The Hall–Kier alpha value is -2.11. The van der Waals surface area contributed by atoms with Gasteiger partial charge in [-0.1, -0.05) is 36.3 Å². The molecule has 0 spiro atoms. The van der Waals surface area contributed by atoms with E-state index in [1.807, 2.05) is 50.4 Å². The first-order valence-corrected chi connectivity index (χ1v) is 9.70. The molecule has 1 aromatic carbocycles. The number of hydrogen-bond donors (Lipinski definition) is 3. The third-order valence-electron chi connectivity index (χ3n) is 5.61. The van der Waals surface area contributed by atoms with Crippen LogP contribution in [0.15, 0.2) is 48.8 Å². The van der Waals surface area contributed by atoms with Crippen molar-refractivity contribution in [1.29, 1.82) is 0 Å². The highest BCUT2D eigenvalue weighted by Crippen LogP contribution is 2.27. The Kier molecular flexibility index (Phi) is 5.97. The lowest BCUT2D eigenvalue weighted by Gasteiger charge is -2.37. The molecule has 1 aliphatic rings. The molecule has 1 fully saturated rings. The number of H-pyrrole nitrogens is 1. The van der Waals surface area contributed by atoms with Gasteiger partial charge in [0.05, 0.1) is 29.1 Å². The van der Waals surface area contributed by atoms with Crippen LogP contribution in [0, 0.1) is 0 Å². The predicted molar refractivity (Wildman–Crippen MR) is 113 cm³/mol. The first-order valence-electron chi connectivity index (χ1n) is 9.70. The lowest BCUT2D eigenvalue weighted by Crippen LogP contribution is -2.49. The maximum Gasteiger partial charge on any atom is 0.330 e. The molecule has 6 heteroatoms. The Morgan fingerprint density at radius 2 is 1.96 bits per heavy atom. The van der Waals surface area contributed by atoms with Crippen LogP contribution in [0.4, 0.5) is 0 Å². The van der Waals surface area contributed by atoms with Gasteiger partial charge in [-0.25, -0.2) is 4.98 Å². The van der Waals surface area contributed by atoms with Gasteiger partial charge in [-0.05, 0) is 52.2 Å². The molecule has 2 atom stereocenters. The van der Waals surface area contributed by atoms with E-state index < -0.39 is 11.2 Å². The predicted octanol–water partition coefficient (Wildman–Crippen LogP) is 3.02. The molecule has 2 unspecified atom stereocenters. The van der Waals surface area contributed by atoms with Crippen LogP contribution in [0.5, 0.6) is 0 Å². The number of aromatic amines is 1. The van der Waals surface area contributed by atoms with E-state index in [-0.39, 0.29) is 6.04 Å². The molecule has 1 radical (unpaired) electrons. The van der Waals surface area contributed by atoms with Gasteiger partial charge in [0.15, 0.2) is 0 Å². The molecule has 1 aromatic heterocycles. The number of aliphatic hydroxyl groups is 1. The summed E-state index contributed by atoms with van der Waals surface area (Å²) in [6.07, 6.45) is 5.95. The van der Waals surface area contributed by atoms with Crippen molar-refractivity contribution in [3.05, 3.63) is 54.7 Å². The monoisotopic (exact) mass is 378 g/mol. The molecular formula is C22H29BN3O2. The van der Waals surface area contributed by atoms with Crippen LogP contribution < -0.4 is 10.8 Å². The van der Waals surface area contributed by atoms with Gasteiger partial charge >= 0.3 is 7.48 Å². The van der Waals surface area contributed by atoms with Crippen molar-refractivity contribution in [3.8, 4) is 11.3 Å². The van der Waals surface area contributed by atoms with Gasteiger partial charge in [0.2, 0.25) is 0 Å². The molecule has 0 amide bonds. The number of rotatable bonds is 7. The minimum absolute atomic E-state index is 0.230. The highest BCUT2D eigenvalue weighted by atomic mass is 16.5. The van der Waals surface area contributed by atoms with E-state index >= 15 is 0 Å². The van der Waals surface area contributed by atoms with E-state index in [1.54, 1.807) is 21.3 Å². The third kappa shape index (κ3) is 4.65. The summed E-state index contributed by atoms with van der Waals surface area (Å²) in [6, 6.07) is 8.61. The van der Waals surface area contributed by atoms with Crippen molar-refractivity contribution in [3.63, 3.8) is 0 Å². The van der Waals surface area contributed by atoms with Crippen molar-refractivity contribution in [2.24, 2.45) is 0 Å². The number of aromatic nitrogens is 2. The highest BCUT2D eigenvalue weighted by molar-refractivity contribution is 6.47. The second-order valence-electron chi connectivity index (χ2n) is 8.38. The highest BCUT2D eigenvalue weighted by Gasteiger charge is 2.35. The molecule has 28 heavy (non-hydrogen) atoms. The fourth-order valence-electron chi connectivity index (χ4n) is 3.02. The average Bonchev–Trinajstić information content (AvgIpc) is 3.29. The van der Waals surface area contributed by atoms with Gasteiger partial charge < -0.3 is 20.1 Å². The average molecular weight is 378 g/mol. The first-order chi connectivity index (χ1) is 13.2. The van der Waals surface area contributed by atoms with E-state index in [9.17, 15) is 5.11 Å². The second kappa shape index (κ2) is 8.10. The van der Waals surface area contributed by atoms with Crippen LogP contribution in [0.25, 0.3) is 11.3 Å². The topological polar surface area (TPSA) is 70.2 Å². The van der Waals surface area contributed by atoms with Gasteiger partial charge in [0.1, 0.15) is 5.82 Å². The molecule has 5 nitrogen and oxygen atoms in total. The summed E-state index contributed by atoms with van der Waals surface area (Å²) in [5.74, 6) is 0.959. The zero-order valence-corrected chi connectivity index (χ0v) is 17.1. The quantitative estimate of drug-likeness (QED) is 0.512. The molecule has 0 aliphatic carbocycles. The fourth-order valence-corrected chi connectivity index (χ4v) is 3.02. The van der Waals surface area contributed by atoms with E-state index in [4.69, 9.17) is 4.65 Å². The zero-order valence-electron chi connectivity index (χ0n) is 17.1. The maximum atomic E-state index is 10.2. The molecule has 1 saturated heterocycles. The number of hydrogen-bond acceptors (Lipinski definition) is 4. The first kappa shape index (κ1) is 20.6. The molecule has 3 N–H and O–H groups in total. The van der Waals surface area contributed by atoms with Gasteiger partial charge in [-0.2, -0.15) is 0 Å². The van der Waals surface area contributed by atoms with E-state index in [1.165, 1.54) is 0 Å². The largest absolute Gasteiger partial charge is 0.427 e. The van der Waals surface area contributed by atoms with Gasteiger partial charge in [0, 0.05) is 6.04 Å². The van der Waals surface area contributed by atoms with Gasteiger partial charge in [0.25, 0.3) is 0 Å². The Labute approximate surface area is 168 Å². The van der Waals surface area contributed by atoms with Crippen molar-refractivity contribution in [2.45, 2.75) is 63.8 Å². The Balaban J connectivity index is 1.63. The van der Waals surface area contributed by atoms with Crippen molar-refractivity contribution in [2.75, 3.05) is 0 Å². The van der Waals surface area contributed by atoms with Crippen molar-refractivity contribution >= 4 is 12.9 Å². The van der Waals surface area contributed by atoms with E-state index in [0.29, 0.717) is 6.04 Å². The SMILES string of the molecule is C=C=CC1CCC(c2ncc(-c3ccc([B]OC(C)(C)C(C)(C)O)cc3)[nH]2)N1. The Morgan fingerprint density at radius 3 is 2.61 bits per heavy atom. The van der Waals surface area contributed by atoms with Crippen LogP contribution in [-0.2, 0) is 4.65 Å². The van der Waals surface area contributed by atoms with Crippen LogP contribution >= 0.6 is 0 Å². The fraction of sp³-hybridized carbons (Fsp3) is 0.455. The summed E-state index contributed by atoms with van der Waals surface area (Å²) >= 11 is 0. The number of nitrogens with one attached hydrogen (secondary N) is 2. The third-order valence-corrected chi connectivity index (χ3v) is 5.61. The molecule has 0 saturated carbocycles. The normalized spacial score (nSPS) is 20.0. The summed E-state index contributed by atoms with van der Waals surface area (Å²) in [7, 11) is 1.69. The summed E-state index contributed by atoms with van der Waals surface area (Å²) in [5, 5.41) is 13.7. The van der Waals surface area contributed by atoms with E-state index in [0.717, 1.165) is 35.4 Å². The molecule has 147 valence electrons. The van der Waals surface area contributed by atoms with Crippen LogP contribution in [-0.4, -0.2) is 39.8 Å². The Morgan fingerprint density at radius 1 is 1.25 bits per heavy atom. The van der Waals surface area contributed by atoms with Crippen LogP contribution in [0.3, 0.4) is 0 Å². The maximum absolute atomic E-state index is 10.2.